The van der Waals surface area contributed by atoms with E-state index in [-0.39, 0.29) is 34.8 Å². The minimum absolute atomic E-state index is 0.0599. The number of hydrogen-bond acceptors (Lipinski definition) is 5. The molecule has 1 aliphatic rings. The summed E-state index contributed by atoms with van der Waals surface area (Å²) in [5.74, 6) is -0.174. The third-order valence-corrected chi connectivity index (χ3v) is 5.64. The molecule has 3 heterocycles. The molecule has 1 aromatic carbocycles. The Balaban J connectivity index is 1.60. The van der Waals surface area contributed by atoms with E-state index in [2.05, 4.69) is 10.1 Å². The number of ether oxygens (including phenoxy) is 2. The van der Waals surface area contributed by atoms with Gasteiger partial charge in [0.15, 0.2) is 11.6 Å². The number of nitrogens with two attached hydrogens (primary N) is 1. The van der Waals surface area contributed by atoms with Crippen molar-refractivity contribution in [2.24, 2.45) is 0 Å². The second-order valence-corrected chi connectivity index (χ2v) is 7.74. The lowest BCUT2D eigenvalue weighted by Gasteiger charge is -2.19. The fourth-order valence-corrected chi connectivity index (χ4v) is 3.98. The van der Waals surface area contributed by atoms with Crippen molar-refractivity contribution in [3.63, 3.8) is 0 Å². The molecule has 0 spiro atoms. The number of nitrogens with zero attached hydrogens (tertiary/aromatic N) is 3. The van der Waals surface area contributed by atoms with E-state index in [1.165, 1.54) is 12.1 Å². The number of benzene rings is 1. The topological polar surface area (TPSA) is 75.2 Å². The van der Waals surface area contributed by atoms with Crippen LogP contribution in [0.1, 0.15) is 24.6 Å². The minimum atomic E-state index is -1.11. The van der Waals surface area contributed by atoms with Gasteiger partial charge in [-0.2, -0.15) is 5.10 Å². The Morgan fingerprint density at radius 1 is 1.27 bits per heavy atom. The molecule has 0 aliphatic carbocycles. The summed E-state index contributed by atoms with van der Waals surface area (Å²) in [5.41, 5.74) is 7.65. The van der Waals surface area contributed by atoms with Crippen molar-refractivity contribution >= 4 is 29.0 Å². The summed E-state index contributed by atoms with van der Waals surface area (Å²) in [4.78, 5) is 4.16. The van der Waals surface area contributed by atoms with Crippen LogP contribution in [0.15, 0.2) is 36.8 Å². The number of halogens is 4. The standard InChI is InChI=1S/C20H18Cl2F2N4O2/c1-10(18-13(21)2-3-14(23)19(18)22)30-17-4-11(5-26-20(17)25)12-6-27-28(7-12)16-9-29-8-15(16)24/h2-7,10,15-16H,8-9H2,1H3,(H2,25,26). The van der Waals surface area contributed by atoms with E-state index in [0.29, 0.717) is 16.7 Å². The first-order valence-corrected chi connectivity index (χ1v) is 9.92. The van der Waals surface area contributed by atoms with Gasteiger partial charge in [-0.15, -0.1) is 0 Å². The van der Waals surface area contributed by atoms with Gasteiger partial charge in [0.2, 0.25) is 0 Å². The van der Waals surface area contributed by atoms with Gasteiger partial charge >= 0.3 is 0 Å². The molecule has 1 saturated heterocycles. The van der Waals surface area contributed by atoms with Crippen LogP contribution in [0.5, 0.6) is 5.75 Å². The zero-order chi connectivity index (χ0) is 21.4. The van der Waals surface area contributed by atoms with Crippen LogP contribution in [0.2, 0.25) is 10.0 Å². The highest BCUT2D eigenvalue weighted by molar-refractivity contribution is 6.36. The first-order chi connectivity index (χ1) is 14.3. The van der Waals surface area contributed by atoms with Crippen LogP contribution in [-0.2, 0) is 4.74 Å². The van der Waals surface area contributed by atoms with Gasteiger partial charge in [0.1, 0.15) is 24.1 Å². The molecule has 3 aromatic rings. The average Bonchev–Trinajstić information content (AvgIpc) is 3.35. The highest BCUT2D eigenvalue weighted by Crippen LogP contribution is 2.37. The van der Waals surface area contributed by atoms with E-state index < -0.39 is 24.1 Å². The van der Waals surface area contributed by atoms with Crippen LogP contribution in [-0.4, -0.2) is 34.1 Å². The number of alkyl halides is 1. The number of hydrogen-bond donors (Lipinski definition) is 1. The molecule has 30 heavy (non-hydrogen) atoms. The molecule has 0 saturated carbocycles. The summed E-state index contributed by atoms with van der Waals surface area (Å²) in [6.45, 7) is 2.01. The number of rotatable bonds is 5. The van der Waals surface area contributed by atoms with Crippen LogP contribution in [0.4, 0.5) is 14.6 Å². The monoisotopic (exact) mass is 454 g/mol. The predicted molar refractivity (Wildman–Crippen MR) is 110 cm³/mol. The quantitative estimate of drug-likeness (QED) is 0.547. The lowest BCUT2D eigenvalue weighted by molar-refractivity contribution is 0.172. The molecule has 2 N–H and O–H groups in total. The molecule has 158 valence electrons. The maximum Gasteiger partial charge on any atom is 0.166 e. The second-order valence-electron chi connectivity index (χ2n) is 6.95. The number of aromatic nitrogens is 3. The molecule has 0 bridgehead atoms. The molecular weight excluding hydrogens is 437 g/mol. The summed E-state index contributed by atoms with van der Waals surface area (Å²) in [5, 5.41) is 4.40. The molecule has 2 aromatic heterocycles. The third-order valence-electron chi connectivity index (χ3n) is 4.93. The normalized spacial score (nSPS) is 19.8. The van der Waals surface area contributed by atoms with Gasteiger partial charge in [-0.3, -0.25) is 4.68 Å². The minimum Gasteiger partial charge on any atom is -0.482 e. The first kappa shape index (κ1) is 20.8. The van der Waals surface area contributed by atoms with Gasteiger partial charge in [0.05, 0.1) is 24.4 Å². The number of pyridine rings is 1. The Bertz CT molecular complexity index is 1080. The molecule has 0 radical (unpaired) electrons. The SMILES string of the molecule is CC(Oc1cc(-c2cnn(C3COCC3F)c2)cnc1N)c1c(Cl)ccc(F)c1Cl. The van der Waals surface area contributed by atoms with Crippen molar-refractivity contribution in [3.8, 4) is 16.9 Å². The van der Waals surface area contributed by atoms with Crippen molar-refractivity contribution in [3.05, 3.63) is 58.2 Å². The van der Waals surface area contributed by atoms with Crippen LogP contribution in [0.25, 0.3) is 11.1 Å². The Morgan fingerprint density at radius 3 is 2.80 bits per heavy atom. The summed E-state index contributed by atoms with van der Waals surface area (Å²) in [6, 6.07) is 3.81. The van der Waals surface area contributed by atoms with Crippen LogP contribution < -0.4 is 10.5 Å². The summed E-state index contributed by atoms with van der Waals surface area (Å²) < 4.78 is 40.4. The van der Waals surface area contributed by atoms with Gasteiger partial charge in [-0.05, 0) is 25.1 Å². The molecule has 1 fully saturated rings. The zero-order valence-corrected chi connectivity index (χ0v) is 17.4. The summed E-state index contributed by atoms with van der Waals surface area (Å²) >= 11 is 12.2. The molecular formula is C20H18Cl2F2N4O2. The largest absolute Gasteiger partial charge is 0.482 e. The lowest BCUT2D eigenvalue weighted by atomic mass is 10.1. The van der Waals surface area contributed by atoms with Crippen LogP contribution in [0.3, 0.4) is 0 Å². The molecule has 6 nitrogen and oxygen atoms in total. The zero-order valence-electron chi connectivity index (χ0n) is 15.9. The fraction of sp³-hybridized carbons (Fsp3) is 0.300. The van der Waals surface area contributed by atoms with Gasteiger partial charge in [0, 0.05) is 34.1 Å². The van der Waals surface area contributed by atoms with Crippen molar-refractivity contribution in [2.75, 3.05) is 18.9 Å². The molecule has 4 rings (SSSR count). The van der Waals surface area contributed by atoms with Crippen LogP contribution in [0, 0.1) is 5.82 Å². The smallest absolute Gasteiger partial charge is 0.166 e. The molecule has 0 amide bonds. The second kappa shape index (κ2) is 8.37. The van der Waals surface area contributed by atoms with Gasteiger partial charge in [-0.25, -0.2) is 13.8 Å². The van der Waals surface area contributed by atoms with Gasteiger partial charge < -0.3 is 15.2 Å². The van der Waals surface area contributed by atoms with Gasteiger partial charge in [0.25, 0.3) is 0 Å². The average molecular weight is 455 g/mol. The molecule has 3 atom stereocenters. The van der Waals surface area contributed by atoms with E-state index in [1.54, 1.807) is 36.3 Å². The maximum atomic E-state index is 13.9. The number of anilines is 1. The van der Waals surface area contributed by atoms with Crippen molar-refractivity contribution in [1.82, 2.24) is 14.8 Å². The third kappa shape index (κ3) is 3.95. The highest BCUT2D eigenvalue weighted by Gasteiger charge is 2.30. The fourth-order valence-electron chi connectivity index (χ4n) is 3.30. The van der Waals surface area contributed by atoms with E-state index in [9.17, 15) is 8.78 Å². The van der Waals surface area contributed by atoms with E-state index in [0.717, 1.165) is 0 Å². The van der Waals surface area contributed by atoms with Crippen molar-refractivity contribution in [1.29, 1.82) is 0 Å². The Labute approximate surface area is 181 Å². The summed E-state index contributed by atoms with van der Waals surface area (Å²) in [6.07, 6.45) is 3.08. The van der Waals surface area contributed by atoms with E-state index in [1.807, 2.05) is 0 Å². The first-order valence-electron chi connectivity index (χ1n) is 9.17. The van der Waals surface area contributed by atoms with Crippen molar-refractivity contribution in [2.45, 2.75) is 25.2 Å². The summed E-state index contributed by atoms with van der Waals surface area (Å²) in [7, 11) is 0. The predicted octanol–water partition coefficient (Wildman–Crippen LogP) is 5.02. The maximum absolute atomic E-state index is 13.9. The van der Waals surface area contributed by atoms with Crippen LogP contribution >= 0.6 is 23.2 Å². The van der Waals surface area contributed by atoms with E-state index in [4.69, 9.17) is 38.4 Å². The Morgan fingerprint density at radius 2 is 2.07 bits per heavy atom. The lowest BCUT2D eigenvalue weighted by Crippen LogP contribution is -2.18. The number of nitrogen functional groups attached to an aromatic ring is 1. The Hall–Kier alpha value is -2.42. The Kier molecular flexibility index (Phi) is 5.81. The highest BCUT2D eigenvalue weighted by atomic mass is 35.5. The molecule has 10 heteroatoms. The van der Waals surface area contributed by atoms with Crippen molar-refractivity contribution < 1.29 is 18.3 Å². The molecule has 1 aliphatic heterocycles. The van der Waals surface area contributed by atoms with E-state index >= 15 is 0 Å². The van der Waals surface area contributed by atoms with Gasteiger partial charge in [-0.1, -0.05) is 23.2 Å². The molecule has 3 unspecified atom stereocenters.